The van der Waals surface area contributed by atoms with Crippen molar-refractivity contribution < 1.29 is 0 Å². The van der Waals surface area contributed by atoms with Crippen LogP contribution in [0.15, 0.2) is 0 Å². The van der Waals surface area contributed by atoms with Crippen LogP contribution in [0.25, 0.3) is 0 Å². The van der Waals surface area contributed by atoms with Gasteiger partial charge in [-0.25, -0.2) is 0 Å². The fourth-order valence-corrected chi connectivity index (χ4v) is 3.33. The molecule has 1 saturated carbocycles. The summed E-state index contributed by atoms with van der Waals surface area (Å²) in [6.07, 6.45) is 7.04. The highest BCUT2D eigenvalue weighted by molar-refractivity contribution is 4.90. The summed E-state index contributed by atoms with van der Waals surface area (Å²) >= 11 is 0. The molecule has 1 atom stereocenters. The Labute approximate surface area is 127 Å². The molecule has 1 unspecified atom stereocenters. The van der Waals surface area contributed by atoms with Crippen LogP contribution >= 0.6 is 0 Å². The van der Waals surface area contributed by atoms with Gasteiger partial charge in [0.2, 0.25) is 0 Å². The van der Waals surface area contributed by atoms with Crippen LogP contribution in [0.1, 0.15) is 73.6 Å². The quantitative estimate of drug-likeness (QED) is 0.781. The molecule has 0 radical (unpaired) electrons. The van der Waals surface area contributed by atoms with Crippen molar-refractivity contribution in [3.63, 3.8) is 0 Å². The number of nitrogens with one attached hydrogen (secondary N) is 1. The first-order valence-electron chi connectivity index (χ1n) is 8.60. The molecule has 1 fully saturated rings. The second-order valence-electron chi connectivity index (χ2n) is 8.56. The maximum absolute atomic E-state index is 3.78. The minimum atomic E-state index is 0.229. The third-order valence-electron chi connectivity index (χ3n) is 5.15. The SMILES string of the molecule is CC(C)C(C)N(C)CC1(CNC(C)(C)C)CCCCC1. The average Bonchev–Trinajstić information content (AvgIpc) is 2.36. The van der Waals surface area contributed by atoms with E-state index >= 15 is 0 Å². The van der Waals surface area contributed by atoms with Crippen molar-refractivity contribution in [2.45, 2.75) is 85.2 Å². The number of hydrogen-bond acceptors (Lipinski definition) is 2. The van der Waals surface area contributed by atoms with E-state index in [1.807, 2.05) is 0 Å². The molecule has 0 aromatic carbocycles. The van der Waals surface area contributed by atoms with Crippen molar-refractivity contribution >= 4 is 0 Å². The Kier molecular flexibility index (Phi) is 6.53. The number of nitrogens with zero attached hydrogens (tertiary/aromatic N) is 1. The molecule has 0 spiro atoms. The van der Waals surface area contributed by atoms with Crippen LogP contribution in [0.4, 0.5) is 0 Å². The van der Waals surface area contributed by atoms with Crippen LogP contribution in [0.3, 0.4) is 0 Å². The van der Waals surface area contributed by atoms with Crippen molar-refractivity contribution in [3.8, 4) is 0 Å². The zero-order valence-corrected chi connectivity index (χ0v) is 15.1. The maximum Gasteiger partial charge on any atom is 0.00967 e. The molecule has 0 aromatic heterocycles. The summed E-state index contributed by atoms with van der Waals surface area (Å²) in [4.78, 5) is 2.60. The maximum atomic E-state index is 3.78. The highest BCUT2D eigenvalue weighted by atomic mass is 15.1. The lowest BCUT2D eigenvalue weighted by molar-refractivity contribution is 0.0781. The van der Waals surface area contributed by atoms with E-state index in [9.17, 15) is 0 Å². The van der Waals surface area contributed by atoms with Gasteiger partial charge in [-0.15, -0.1) is 0 Å². The summed E-state index contributed by atoms with van der Waals surface area (Å²) < 4.78 is 0. The third kappa shape index (κ3) is 5.73. The highest BCUT2D eigenvalue weighted by Gasteiger charge is 2.35. The molecule has 1 rings (SSSR count). The van der Waals surface area contributed by atoms with Crippen molar-refractivity contribution in [2.75, 3.05) is 20.1 Å². The molecule has 2 nitrogen and oxygen atoms in total. The van der Waals surface area contributed by atoms with E-state index in [0.29, 0.717) is 11.5 Å². The lowest BCUT2D eigenvalue weighted by atomic mass is 9.73. The van der Waals surface area contributed by atoms with Crippen LogP contribution in [0.5, 0.6) is 0 Å². The second-order valence-corrected chi connectivity index (χ2v) is 8.56. The molecule has 1 N–H and O–H groups in total. The molecule has 0 heterocycles. The number of rotatable bonds is 6. The molecule has 1 aliphatic rings. The first kappa shape index (κ1) is 18.0. The van der Waals surface area contributed by atoms with E-state index in [2.05, 4.69) is 58.8 Å². The summed E-state index contributed by atoms with van der Waals surface area (Å²) in [5, 5.41) is 3.78. The smallest absolute Gasteiger partial charge is 0.00967 e. The second kappa shape index (κ2) is 7.26. The molecule has 0 amide bonds. The fourth-order valence-electron chi connectivity index (χ4n) is 3.33. The van der Waals surface area contributed by atoms with E-state index < -0.39 is 0 Å². The Balaban J connectivity index is 2.68. The predicted octanol–water partition coefficient (Wildman–Crippen LogP) is 4.30. The molecule has 0 saturated heterocycles. The Morgan fingerprint density at radius 1 is 1.05 bits per heavy atom. The molecule has 120 valence electrons. The van der Waals surface area contributed by atoms with Gasteiger partial charge in [-0.1, -0.05) is 33.1 Å². The fraction of sp³-hybridized carbons (Fsp3) is 1.00. The molecule has 0 bridgehead atoms. The van der Waals surface area contributed by atoms with Gasteiger partial charge < -0.3 is 10.2 Å². The van der Waals surface area contributed by atoms with Crippen LogP contribution in [0, 0.1) is 11.3 Å². The average molecular weight is 283 g/mol. The van der Waals surface area contributed by atoms with Gasteiger partial charge in [0, 0.05) is 24.7 Å². The largest absolute Gasteiger partial charge is 0.311 e. The van der Waals surface area contributed by atoms with E-state index in [4.69, 9.17) is 0 Å². The topological polar surface area (TPSA) is 15.3 Å². The van der Waals surface area contributed by atoms with Gasteiger partial charge in [0.25, 0.3) is 0 Å². The monoisotopic (exact) mass is 282 g/mol. The van der Waals surface area contributed by atoms with E-state index in [1.54, 1.807) is 0 Å². The van der Waals surface area contributed by atoms with Gasteiger partial charge in [0.15, 0.2) is 0 Å². The van der Waals surface area contributed by atoms with Gasteiger partial charge >= 0.3 is 0 Å². The Bertz CT molecular complexity index is 272. The van der Waals surface area contributed by atoms with Crippen molar-refractivity contribution in [1.82, 2.24) is 10.2 Å². The van der Waals surface area contributed by atoms with Gasteiger partial charge in [0.1, 0.15) is 0 Å². The van der Waals surface area contributed by atoms with E-state index in [-0.39, 0.29) is 5.54 Å². The summed E-state index contributed by atoms with van der Waals surface area (Å²) in [6.45, 7) is 16.3. The Morgan fingerprint density at radius 2 is 1.60 bits per heavy atom. The molecule has 0 aliphatic heterocycles. The Morgan fingerprint density at radius 3 is 2.05 bits per heavy atom. The van der Waals surface area contributed by atoms with Crippen LogP contribution in [-0.2, 0) is 0 Å². The first-order chi connectivity index (χ1) is 9.15. The molecule has 20 heavy (non-hydrogen) atoms. The minimum Gasteiger partial charge on any atom is -0.311 e. The summed E-state index contributed by atoms with van der Waals surface area (Å²) in [5.41, 5.74) is 0.718. The van der Waals surface area contributed by atoms with E-state index in [1.165, 1.54) is 45.2 Å². The normalized spacial score (nSPS) is 21.4. The van der Waals surface area contributed by atoms with Crippen LogP contribution < -0.4 is 5.32 Å². The van der Waals surface area contributed by atoms with Gasteiger partial charge in [-0.2, -0.15) is 0 Å². The number of hydrogen-bond donors (Lipinski definition) is 1. The summed E-state index contributed by atoms with van der Waals surface area (Å²) in [6, 6.07) is 0.670. The standard InChI is InChI=1S/C18H38N2/c1-15(2)16(3)20(7)14-18(11-9-8-10-12-18)13-19-17(4,5)6/h15-16,19H,8-14H2,1-7H3. The Hall–Kier alpha value is -0.0800. The zero-order valence-electron chi connectivity index (χ0n) is 15.1. The van der Waals surface area contributed by atoms with Gasteiger partial charge in [-0.05, 0) is 58.9 Å². The summed E-state index contributed by atoms with van der Waals surface area (Å²) in [7, 11) is 2.32. The van der Waals surface area contributed by atoms with Crippen molar-refractivity contribution in [2.24, 2.45) is 11.3 Å². The van der Waals surface area contributed by atoms with Crippen molar-refractivity contribution in [1.29, 1.82) is 0 Å². The van der Waals surface area contributed by atoms with Crippen LogP contribution in [-0.4, -0.2) is 36.6 Å². The van der Waals surface area contributed by atoms with E-state index in [0.717, 1.165) is 5.92 Å². The predicted molar refractivity (Wildman–Crippen MR) is 90.2 cm³/mol. The molecular weight excluding hydrogens is 244 g/mol. The van der Waals surface area contributed by atoms with Crippen molar-refractivity contribution in [3.05, 3.63) is 0 Å². The molecule has 2 heteroatoms. The van der Waals surface area contributed by atoms with Gasteiger partial charge in [-0.3, -0.25) is 0 Å². The first-order valence-corrected chi connectivity index (χ1v) is 8.60. The summed E-state index contributed by atoms with van der Waals surface area (Å²) in [5.74, 6) is 0.733. The molecule has 1 aliphatic carbocycles. The lowest BCUT2D eigenvalue weighted by Gasteiger charge is -2.44. The van der Waals surface area contributed by atoms with Gasteiger partial charge in [0.05, 0.1) is 0 Å². The zero-order chi connectivity index (χ0) is 15.4. The highest BCUT2D eigenvalue weighted by Crippen LogP contribution is 2.37. The molecule has 0 aromatic rings. The lowest BCUT2D eigenvalue weighted by Crippen LogP contribution is -2.51. The van der Waals surface area contributed by atoms with Crippen LogP contribution in [0.2, 0.25) is 0 Å². The third-order valence-corrected chi connectivity index (χ3v) is 5.15. The molecular formula is C18H38N2. The minimum absolute atomic E-state index is 0.229.